The molecule has 1 aromatic rings. The maximum absolute atomic E-state index is 12.4. The summed E-state index contributed by atoms with van der Waals surface area (Å²) in [5.41, 5.74) is 0.880. The summed E-state index contributed by atoms with van der Waals surface area (Å²) in [5.74, 6) is -0.425. The van der Waals surface area contributed by atoms with Gasteiger partial charge in [-0.3, -0.25) is 4.79 Å². The Balaban J connectivity index is 2.04. The molecule has 1 fully saturated rings. The fourth-order valence-corrected chi connectivity index (χ4v) is 2.46. The highest BCUT2D eigenvalue weighted by Crippen LogP contribution is 2.13. The molecule has 21 heavy (non-hydrogen) atoms. The summed E-state index contributed by atoms with van der Waals surface area (Å²) < 4.78 is 5.04. The maximum Gasteiger partial charge on any atom is 0.330 e. The Labute approximate surface area is 129 Å². The van der Waals surface area contributed by atoms with Crippen molar-refractivity contribution in [2.24, 2.45) is 0 Å². The molecule has 1 saturated heterocycles. The van der Waals surface area contributed by atoms with Crippen LogP contribution in [-0.2, 0) is 20.7 Å². The standard InChI is InChI=1S/C15H19ClN2O3/c1-2-21-15(20)13-10-17-7-8-18(13)14(19)9-11-3-5-12(16)6-4-11/h3-6,13,17H,2,7-10H2,1H3. The van der Waals surface area contributed by atoms with Crippen LogP contribution in [0.1, 0.15) is 12.5 Å². The van der Waals surface area contributed by atoms with Crippen LogP contribution in [0, 0.1) is 0 Å². The van der Waals surface area contributed by atoms with Crippen molar-refractivity contribution in [3.05, 3.63) is 34.9 Å². The van der Waals surface area contributed by atoms with E-state index in [0.29, 0.717) is 31.3 Å². The van der Waals surface area contributed by atoms with Gasteiger partial charge in [0.1, 0.15) is 6.04 Å². The van der Waals surface area contributed by atoms with Crippen molar-refractivity contribution in [2.75, 3.05) is 26.2 Å². The summed E-state index contributed by atoms with van der Waals surface area (Å²) in [6.07, 6.45) is 0.257. The Morgan fingerprint density at radius 2 is 2.10 bits per heavy atom. The molecule has 6 heteroatoms. The van der Waals surface area contributed by atoms with Gasteiger partial charge >= 0.3 is 5.97 Å². The molecule has 1 N–H and O–H groups in total. The van der Waals surface area contributed by atoms with Crippen LogP contribution in [0.2, 0.25) is 5.02 Å². The first-order valence-corrected chi connectivity index (χ1v) is 7.41. The summed E-state index contributed by atoms with van der Waals surface area (Å²) in [7, 11) is 0. The minimum atomic E-state index is -0.543. The molecule has 2 rings (SSSR count). The molecule has 1 aliphatic rings. The van der Waals surface area contributed by atoms with E-state index in [1.807, 2.05) is 12.1 Å². The largest absolute Gasteiger partial charge is 0.464 e. The number of esters is 1. The number of carbonyl (C=O) groups is 2. The van der Waals surface area contributed by atoms with Gasteiger partial charge in [0.15, 0.2) is 0 Å². The van der Waals surface area contributed by atoms with E-state index in [4.69, 9.17) is 16.3 Å². The number of halogens is 1. The monoisotopic (exact) mass is 310 g/mol. The van der Waals surface area contributed by atoms with Gasteiger partial charge in [-0.25, -0.2) is 4.79 Å². The molecule has 1 heterocycles. The van der Waals surface area contributed by atoms with Crippen molar-refractivity contribution in [2.45, 2.75) is 19.4 Å². The number of amides is 1. The topological polar surface area (TPSA) is 58.6 Å². The number of hydrogen-bond donors (Lipinski definition) is 1. The van der Waals surface area contributed by atoms with Crippen LogP contribution in [0.3, 0.4) is 0 Å². The molecule has 0 aliphatic carbocycles. The van der Waals surface area contributed by atoms with Gasteiger partial charge in [0, 0.05) is 24.7 Å². The van der Waals surface area contributed by atoms with Crippen LogP contribution in [-0.4, -0.2) is 49.1 Å². The number of piperazine rings is 1. The zero-order valence-corrected chi connectivity index (χ0v) is 12.7. The second-order valence-electron chi connectivity index (χ2n) is 4.86. The van der Waals surface area contributed by atoms with Crippen molar-refractivity contribution < 1.29 is 14.3 Å². The Hall–Kier alpha value is -1.59. The third kappa shape index (κ3) is 4.19. The maximum atomic E-state index is 12.4. The number of nitrogens with one attached hydrogen (secondary N) is 1. The molecule has 1 atom stereocenters. The summed E-state index contributed by atoms with van der Waals surface area (Å²) in [6.45, 7) is 3.70. The average molecular weight is 311 g/mol. The van der Waals surface area contributed by atoms with Crippen molar-refractivity contribution >= 4 is 23.5 Å². The number of nitrogens with zero attached hydrogens (tertiary/aromatic N) is 1. The van der Waals surface area contributed by atoms with E-state index >= 15 is 0 Å². The third-order valence-corrected chi connectivity index (χ3v) is 3.64. The van der Waals surface area contributed by atoms with Crippen LogP contribution < -0.4 is 5.32 Å². The van der Waals surface area contributed by atoms with Gasteiger partial charge in [-0.05, 0) is 24.6 Å². The minimum Gasteiger partial charge on any atom is -0.464 e. The van der Waals surface area contributed by atoms with E-state index in [2.05, 4.69) is 5.32 Å². The van der Waals surface area contributed by atoms with Crippen molar-refractivity contribution in [3.8, 4) is 0 Å². The van der Waals surface area contributed by atoms with E-state index in [-0.39, 0.29) is 18.3 Å². The van der Waals surface area contributed by atoms with Gasteiger partial charge < -0.3 is 15.0 Å². The molecule has 0 spiro atoms. The van der Waals surface area contributed by atoms with Crippen molar-refractivity contribution in [1.29, 1.82) is 0 Å². The highest BCUT2D eigenvalue weighted by Gasteiger charge is 2.32. The summed E-state index contributed by atoms with van der Waals surface area (Å²) >= 11 is 5.83. The van der Waals surface area contributed by atoms with Gasteiger partial charge in [0.05, 0.1) is 13.0 Å². The fourth-order valence-electron chi connectivity index (χ4n) is 2.33. The van der Waals surface area contributed by atoms with Crippen molar-refractivity contribution in [3.63, 3.8) is 0 Å². The quantitative estimate of drug-likeness (QED) is 0.850. The number of hydrogen-bond acceptors (Lipinski definition) is 4. The number of ether oxygens (including phenoxy) is 1. The molecule has 5 nitrogen and oxygen atoms in total. The molecular weight excluding hydrogens is 292 g/mol. The van der Waals surface area contributed by atoms with E-state index in [9.17, 15) is 9.59 Å². The van der Waals surface area contributed by atoms with Crippen LogP contribution in [0.25, 0.3) is 0 Å². The lowest BCUT2D eigenvalue weighted by Gasteiger charge is -2.34. The molecular formula is C15H19ClN2O3. The molecule has 0 bridgehead atoms. The summed E-state index contributed by atoms with van der Waals surface area (Å²) in [6, 6.07) is 6.61. The lowest BCUT2D eigenvalue weighted by Crippen LogP contribution is -2.57. The van der Waals surface area contributed by atoms with E-state index in [1.54, 1.807) is 24.0 Å². The van der Waals surface area contributed by atoms with Crippen LogP contribution >= 0.6 is 11.6 Å². The lowest BCUT2D eigenvalue weighted by atomic mass is 10.1. The normalized spacial score (nSPS) is 18.4. The van der Waals surface area contributed by atoms with E-state index in [0.717, 1.165) is 5.56 Å². The minimum absolute atomic E-state index is 0.0723. The number of benzene rings is 1. The Bertz CT molecular complexity index is 504. The molecule has 0 radical (unpaired) electrons. The molecule has 0 aromatic heterocycles. The number of rotatable bonds is 4. The molecule has 1 aromatic carbocycles. The third-order valence-electron chi connectivity index (χ3n) is 3.39. The van der Waals surface area contributed by atoms with Crippen LogP contribution in [0.15, 0.2) is 24.3 Å². The van der Waals surface area contributed by atoms with Gasteiger partial charge in [0.2, 0.25) is 5.91 Å². The smallest absolute Gasteiger partial charge is 0.330 e. The lowest BCUT2D eigenvalue weighted by molar-refractivity contribution is -0.155. The predicted octanol–water partition coefficient (Wildman–Crippen LogP) is 1.25. The van der Waals surface area contributed by atoms with E-state index < -0.39 is 6.04 Å². The van der Waals surface area contributed by atoms with E-state index in [1.165, 1.54) is 0 Å². The second kappa shape index (κ2) is 7.43. The highest BCUT2D eigenvalue weighted by molar-refractivity contribution is 6.30. The Kier molecular flexibility index (Phi) is 5.59. The Morgan fingerprint density at radius 3 is 2.76 bits per heavy atom. The number of carbonyl (C=O) groups excluding carboxylic acids is 2. The zero-order chi connectivity index (χ0) is 15.2. The van der Waals surface area contributed by atoms with Gasteiger partial charge in [-0.1, -0.05) is 23.7 Å². The molecule has 0 saturated carbocycles. The predicted molar refractivity (Wildman–Crippen MR) is 80.2 cm³/mol. The first kappa shape index (κ1) is 15.8. The zero-order valence-electron chi connectivity index (χ0n) is 12.0. The van der Waals surface area contributed by atoms with Gasteiger partial charge in [0.25, 0.3) is 0 Å². The van der Waals surface area contributed by atoms with Crippen molar-refractivity contribution in [1.82, 2.24) is 10.2 Å². The first-order chi connectivity index (χ1) is 10.1. The van der Waals surface area contributed by atoms with Gasteiger partial charge in [-0.15, -0.1) is 0 Å². The molecule has 1 aliphatic heterocycles. The first-order valence-electron chi connectivity index (χ1n) is 7.03. The summed E-state index contributed by atoms with van der Waals surface area (Å²) in [4.78, 5) is 26.0. The highest BCUT2D eigenvalue weighted by atomic mass is 35.5. The van der Waals surface area contributed by atoms with Gasteiger partial charge in [-0.2, -0.15) is 0 Å². The SMILES string of the molecule is CCOC(=O)C1CNCCN1C(=O)Cc1ccc(Cl)cc1. The van der Waals surface area contributed by atoms with Crippen LogP contribution in [0.5, 0.6) is 0 Å². The van der Waals surface area contributed by atoms with Crippen LogP contribution in [0.4, 0.5) is 0 Å². The molecule has 114 valence electrons. The molecule has 1 amide bonds. The average Bonchev–Trinajstić information content (AvgIpc) is 2.50. The Morgan fingerprint density at radius 1 is 1.38 bits per heavy atom. The molecule has 1 unspecified atom stereocenters. The fraction of sp³-hybridized carbons (Fsp3) is 0.467. The second-order valence-corrected chi connectivity index (χ2v) is 5.30. The summed E-state index contributed by atoms with van der Waals surface area (Å²) in [5, 5.41) is 3.75.